The van der Waals surface area contributed by atoms with E-state index in [1.54, 1.807) is 0 Å². The van der Waals surface area contributed by atoms with Crippen LogP contribution in [0, 0.1) is 23.2 Å². The molecule has 0 aliphatic heterocycles. The van der Waals surface area contributed by atoms with Crippen molar-refractivity contribution in [3.05, 3.63) is 12.2 Å². The summed E-state index contributed by atoms with van der Waals surface area (Å²) in [6.07, 6.45) is 6.03. The highest BCUT2D eigenvalue weighted by molar-refractivity contribution is 5.10. The van der Waals surface area contributed by atoms with Gasteiger partial charge < -0.3 is 0 Å². The van der Waals surface area contributed by atoms with E-state index in [-0.39, 0.29) is 5.92 Å². The van der Waals surface area contributed by atoms with E-state index in [0.29, 0.717) is 0 Å². The molecule has 66 valence electrons. The lowest BCUT2D eigenvalue weighted by Crippen LogP contribution is -2.16. The standard InChI is InChI=1S/C11H17N/c1-3-9(2)11(8-12)7-10-5-4-6-10/h10-11H,2-7H2,1H3. The molecule has 12 heavy (non-hydrogen) atoms. The minimum Gasteiger partial charge on any atom is -0.198 e. The molecule has 1 rings (SSSR count). The Balaban J connectivity index is 2.35. The van der Waals surface area contributed by atoms with Gasteiger partial charge in [-0.25, -0.2) is 0 Å². The van der Waals surface area contributed by atoms with Crippen LogP contribution in [0.4, 0.5) is 0 Å². The summed E-state index contributed by atoms with van der Waals surface area (Å²) in [6.45, 7) is 6.01. The molecule has 0 spiro atoms. The average molecular weight is 163 g/mol. The normalized spacial score (nSPS) is 19.3. The van der Waals surface area contributed by atoms with E-state index in [2.05, 4.69) is 19.6 Å². The Morgan fingerprint density at radius 1 is 1.67 bits per heavy atom. The average Bonchev–Trinajstić information content (AvgIpc) is 2.02. The highest BCUT2D eigenvalue weighted by atomic mass is 14.3. The number of hydrogen-bond donors (Lipinski definition) is 0. The van der Waals surface area contributed by atoms with Crippen molar-refractivity contribution in [3.8, 4) is 6.07 Å². The Kier molecular flexibility index (Phi) is 3.34. The van der Waals surface area contributed by atoms with Gasteiger partial charge in [-0.2, -0.15) is 5.26 Å². The summed E-state index contributed by atoms with van der Waals surface area (Å²) in [5.41, 5.74) is 1.12. The lowest BCUT2D eigenvalue weighted by atomic mass is 9.77. The third-order valence-corrected chi connectivity index (χ3v) is 2.90. The number of rotatable bonds is 4. The molecule has 0 aromatic rings. The molecule has 1 aliphatic carbocycles. The monoisotopic (exact) mass is 163 g/mol. The molecular weight excluding hydrogens is 146 g/mol. The number of hydrogen-bond acceptors (Lipinski definition) is 1. The van der Waals surface area contributed by atoms with Crippen LogP contribution in [0.25, 0.3) is 0 Å². The molecule has 1 unspecified atom stereocenters. The van der Waals surface area contributed by atoms with Gasteiger partial charge in [0.25, 0.3) is 0 Å². The molecule has 1 fully saturated rings. The van der Waals surface area contributed by atoms with Gasteiger partial charge in [0.1, 0.15) is 0 Å². The van der Waals surface area contributed by atoms with Crippen LogP contribution >= 0.6 is 0 Å². The van der Waals surface area contributed by atoms with E-state index in [1.165, 1.54) is 19.3 Å². The van der Waals surface area contributed by atoms with Crippen molar-refractivity contribution in [1.82, 2.24) is 0 Å². The first-order chi connectivity index (χ1) is 5.77. The van der Waals surface area contributed by atoms with Crippen LogP contribution < -0.4 is 0 Å². The van der Waals surface area contributed by atoms with Crippen LogP contribution in [0.1, 0.15) is 39.0 Å². The fourth-order valence-corrected chi connectivity index (χ4v) is 1.62. The van der Waals surface area contributed by atoms with Crippen LogP contribution in [0.5, 0.6) is 0 Å². The predicted octanol–water partition coefficient (Wildman–Crippen LogP) is 3.28. The fourth-order valence-electron chi connectivity index (χ4n) is 1.62. The minimum absolute atomic E-state index is 0.125. The highest BCUT2D eigenvalue weighted by Gasteiger charge is 2.22. The zero-order valence-electron chi connectivity index (χ0n) is 7.84. The Bertz CT molecular complexity index is 196. The van der Waals surface area contributed by atoms with Crippen molar-refractivity contribution >= 4 is 0 Å². The summed E-state index contributed by atoms with van der Waals surface area (Å²) >= 11 is 0. The van der Waals surface area contributed by atoms with Crippen molar-refractivity contribution in [2.75, 3.05) is 0 Å². The first-order valence-corrected chi connectivity index (χ1v) is 4.85. The highest BCUT2D eigenvalue weighted by Crippen LogP contribution is 2.34. The molecule has 0 radical (unpaired) electrons. The third kappa shape index (κ3) is 2.11. The zero-order chi connectivity index (χ0) is 8.97. The summed E-state index contributed by atoms with van der Waals surface area (Å²) in [7, 11) is 0. The predicted molar refractivity (Wildman–Crippen MR) is 50.5 cm³/mol. The molecule has 0 saturated heterocycles. The lowest BCUT2D eigenvalue weighted by Gasteiger charge is -2.27. The van der Waals surface area contributed by atoms with Crippen LogP contribution in [-0.2, 0) is 0 Å². The second-order valence-corrected chi connectivity index (χ2v) is 3.73. The maximum absolute atomic E-state index is 8.89. The van der Waals surface area contributed by atoms with Gasteiger partial charge >= 0.3 is 0 Å². The zero-order valence-corrected chi connectivity index (χ0v) is 7.84. The minimum atomic E-state index is 0.125. The van der Waals surface area contributed by atoms with Crippen molar-refractivity contribution in [3.63, 3.8) is 0 Å². The topological polar surface area (TPSA) is 23.8 Å². The molecule has 0 heterocycles. The van der Waals surface area contributed by atoms with Crippen molar-refractivity contribution < 1.29 is 0 Å². The van der Waals surface area contributed by atoms with E-state index in [4.69, 9.17) is 5.26 Å². The number of nitriles is 1. The first-order valence-electron chi connectivity index (χ1n) is 4.85. The molecule has 1 atom stereocenters. The molecule has 1 nitrogen and oxygen atoms in total. The van der Waals surface area contributed by atoms with Gasteiger partial charge in [0.2, 0.25) is 0 Å². The molecule has 0 N–H and O–H groups in total. The van der Waals surface area contributed by atoms with Gasteiger partial charge in [0.15, 0.2) is 0 Å². The summed E-state index contributed by atoms with van der Waals surface area (Å²) in [5, 5.41) is 8.89. The van der Waals surface area contributed by atoms with Gasteiger partial charge in [-0.3, -0.25) is 0 Å². The van der Waals surface area contributed by atoms with E-state index < -0.39 is 0 Å². The Hall–Kier alpha value is -0.770. The van der Waals surface area contributed by atoms with E-state index >= 15 is 0 Å². The summed E-state index contributed by atoms with van der Waals surface area (Å²) < 4.78 is 0. The van der Waals surface area contributed by atoms with Crippen LogP contribution in [0.3, 0.4) is 0 Å². The summed E-state index contributed by atoms with van der Waals surface area (Å²) in [6, 6.07) is 2.35. The molecule has 1 saturated carbocycles. The van der Waals surface area contributed by atoms with Crippen LogP contribution in [0.15, 0.2) is 12.2 Å². The Morgan fingerprint density at radius 3 is 2.67 bits per heavy atom. The third-order valence-electron chi connectivity index (χ3n) is 2.90. The molecule has 0 aromatic heterocycles. The molecule has 1 aliphatic rings. The van der Waals surface area contributed by atoms with Crippen LogP contribution in [0.2, 0.25) is 0 Å². The second-order valence-electron chi connectivity index (χ2n) is 3.73. The van der Waals surface area contributed by atoms with E-state index in [0.717, 1.165) is 24.3 Å². The first kappa shape index (κ1) is 9.32. The molecule has 0 amide bonds. The Morgan fingerprint density at radius 2 is 2.33 bits per heavy atom. The fraction of sp³-hybridized carbons (Fsp3) is 0.727. The molecule has 0 aromatic carbocycles. The second kappa shape index (κ2) is 4.30. The van der Waals surface area contributed by atoms with Crippen molar-refractivity contribution in [1.29, 1.82) is 5.26 Å². The van der Waals surface area contributed by atoms with Crippen molar-refractivity contribution in [2.45, 2.75) is 39.0 Å². The number of allylic oxidation sites excluding steroid dienone is 1. The SMILES string of the molecule is C=C(CC)C(C#N)CC1CCC1. The molecule has 0 bridgehead atoms. The lowest BCUT2D eigenvalue weighted by molar-refractivity contribution is 0.279. The van der Waals surface area contributed by atoms with Gasteiger partial charge in [-0.05, 0) is 18.8 Å². The van der Waals surface area contributed by atoms with Crippen LogP contribution in [-0.4, -0.2) is 0 Å². The van der Waals surface area contributed by atoms with E-state index in [9.17, 15) is 0 Å². The van der Waals surface area contributed by atoms with Gasteiger partial charge in [0, 0.05) is 0 Å². The Labute approximate surface area is 75.1 Å². The quantitative estimate of drug-likeness (QED) is 0.583. The van der Waals surface area contributed by atoms with Crippen molar-refractivity contribution in [2.24, 2.45) is 11.8 Å². The molecular formula is C11H17N. The number of nitrogens with zero attached hydrogens (tertiary/aromatic N) is 1. The largest absolute Gasteiger partial charge is 0.198 e. The molecule has 1 heteroatoms. The maximum atomic E-state index is 8.89. The van der Waals surface area contributed by atoms with Gasteiger partial charge in [-0.1, -0.05) is 38.3 Å². The summed E-state index contributed by atoms with van der Waals surface area (Å²) in [4.78, 5) is 0. The van der Waals surface area contributed by atoms with Gasteiger partial charge in [-0.15, -0.1) is 0 Å². The smallest absolute Gasteiger partial charge is 0.0700 e. The maximum Gasteiger partial charge on any atom is 0.0700 e. The summed E-state index contributed by atoms with van der Waals surface area (Å²) in [5.74, 6) is 0.943. The van der Waals surface area contributed by atoms with Gasteiger partial charge in [0.05, 0.1) is 12.0 Å². The van der Waals surface area contributed by atoms with E-state index in [1.807, 2.05) is 0 Å².